The molecule has 0 bridgehead atoms. The molecule has 1 aliphatic heterocycles. The SMILES string of the molecule is Cn1c(-c2ccc(N3CCNCC3)cc2)c(-c2ccsc2)c2c(Cl)ccnc21. The fourth-order valence-electron chi connectivity index (χ4n) is 4.08. The summed E-state index contributed by atoms with van der Waals surface area (Å²) in [6, 6.07) is 12.9. The number of rotatable bonds is 3. The Hall–Kier alpha value is -2.34. The van der Waals surface area contributed by atoms with E-state index in [4.69, 9.17) is 11.6 Å². The minimum atomic E-state index is 0.741. The van der Waals surface area contributed by atoms with Crippen molar-refractivity contribution in [1.29, 1.82) is 0 Å². The Kier molecular flexibility index (Phi) is 4.59. The maximum Gasteiger partial charge on any atom is 0.142 e. The molecule has 142 valence electrons. The van der Waals surface area contributed by atoms with Gasteiger partial charge in [0.15, 0.2) is 0 Å². The average molecular weight is 409 g/mol. The number of nitrogens with zero attached hydrogens (tertiary/aromatic N) is 3. The van der Waals surface area contributed by atoms with Gasteiger partial charge in [-0.1, -0.05) is 23.7 Å². The number of thiophene rings is 1. The molecule has 0 spiro atoms. The van der Waals surface area contributed by atoms with Crippen molar-refractivity contribution >= 4 is 39.7 Å². The summed E-state index contributed by atoms with van der Waals surface area (Å²) in [6.07, 6.45) is 1.78. The number of hydrogen-bond donors (Lipinski definition) is 1. The molecule has 0 atom stereocenters. The van der Waals surface area contributed by atoms with Crippen LogP contribution in [0.25, 0.3) is 33.4 Å². The Bertz CT molecular complexity index is 1110. The summed E-state index contributed by atoms with van der Waals surface area (Å²) in [5.41, 5.74) is 6.86. The molecule has 6 heteroatoms. The number of halogens is 1. The first kappa shape index (κ1) is 17.7. The standard InChI is InChI=1S/C22H21ClN4S/c1-26-21(15-2-4-17(5-3-15)27-11-9-24-10-12-27)19(16-7-13-28-14-16)20-18(23)6-8-25-22(20)26/h2-8,13-14,24H,9-12H2,1H3. The fourth-order valence-corrected chi connectivity index (χ4v) is 4.97. The van der Waals surface area contributed by atoms with Crippen LogP contribution in [0.3, 0.4) is 0 Å². The number of aromatic nitrogens is 2. The molecule has 3 aromatic heterocycles. The van der Waals surface area contributed by atoms with Crippen molar-refractivity contribution in [2.24, 2.45) is 7.05 Å². The second kappa shape index (κ2) is 7.24. The first-order chi connectivity index (χ1) is 13.7. The van der Waals surface area contributed by atoms with E-state index in [1.54, 1.807) is 17.5 Å². The van der Waals surface area contributed by atoms with Crippen LogP contribution in [-0.4, -0.2) is 35.7 Å². The number of benzene rings is 1. The number of hydrogen-bond acceptors (Lipinski definition) is 4. The van der Waals surface area contributed by atoms with Gasteiger partial charge in [-0.25, -0.2) is 4.98 Å². The van der Waals surface area contributed by atoms with E-state index in [0.717, 1.165) is 53.5 Å². The van der Waals surface area contributed by atoms with Crippen LogP contribution < -0.4 is 10.2 Å². The van der Waals surface area contributed by atoms with Gasteiger partial charge in [-0.15, -0.1) is 0 Å². The van der Waals surface area contributed by atoms with Gasteiger partial charge in [-0.2, -0.15) is 11.3 Å². The topological polar surface area (TPSA) is 33.1 Å². The lowest BCUT2D eigenvalue weighted by Gasteiger charge is -2.29. The molecule has 4 nitrogen and oxygen atoms in total. The summed E-state index contributed by atoms with van der Waals surface area (Å²) in [4.78, 5) is 7.05. The fraction of sp³-hybridized carbons (Fsp3) is 0.227. The zero-order valence-electron chi connectivity index (χ0n) is 15.7. The predicted molar refractivity (Wildman–Crippen MR) is 120 cm³/mol. The van der Waals surface area contributed by atoms with E-state index >= 15 is 0 Å². The largest absolute Gasteiger partial charge is 0.369 e. The Morgan fingerprint density at radius 3 is 2.54 bits per heavy atom. The van der Waals surface area contributed by atoms with Crippen molar-refractivity contribution in [3.63, 3.8) is 0 Å². The van der Waals surface area contributed by atoms with Crippen LogP contribution in [0.2, 0.25) is 5.02 Å². The van der Waals surface area contributed by atoms with Crippen LogP contribution in [-0.2, 0) is 7.05 Å². The molecule has 0 radical (unpaired) electrons. The third kappa shape index (κ3) is 2.91. The predicted octanol–water partition coefficient (Wildman–Crippen LogP) is 5.03. The van der Waals surface area contributed by atoms with Crippen molar-refractivity contribution < 1.29 is 0 Å². The first-order valence-corrected chi connectivity index (χ1v) is 10.8. The van der Waals surface area contributed by atoms with Crippen LogP contribution in [0.4, 0.5) is 5.69 Å². The summed E-state index contributed by atoms with van der Waals surface area (Å²) in [6.45, 7) is 4.18. The highest BCUT2D eigenvalue weighted by molar-refractivity contribution is 7.08. The molecule has 1 aliphatic rings. The van der Waals surface area contributed by atoms with E-state index in [1.807, 2.05) is 6.07 Å². The quantitative estimate of drug-likeness (QED) is 0.516. The van der Waals surface area contributed by atoms with Gasteiger partial charge in [0.1, 0.15) is 5.65 Å². The van der Waals surface area contributed by atoms with Crippen molar-refractivity contribution in [1.82, 2.24) is 14.9 Å². The molecule has 1 fully saturated rings. The maximum absolute atomic E-state index is 6.62. The Balaban J connectivity index is 1.67. The zero-order chi connectivity index (χ0) is 19.1. The molecule has 1 N–H and O–H groups in total. The van der Waals surface area contributed by atoms with Crippen LogP contribution >= 0.6 is 22.9 Å². The van der Waals surface area contributed by atoms with Crippen LogP contribution in [0, 0.1) is 0 Å². The molecule has 28 heavy (non-hydrogen) atoms. The van der Waals surface area contributed by atoms with Crippen LogP contribution in [0.5, 0.6) is 0 Å². The van der Waals surface area contributed by atoms with Gasteiger partial charge in [0.2, 0.25) is 0 Å². The van der Waals surface area contributed by atoms with Crippen LogP contribution in [0.15, 0.2) is 53.4 Å². The highest BCUT2D eigenvalue weighted by Crippen LogP contribution is 2.43. The van der Waals surface area contributed by atoms with E-state index in [9.17, 15) is 0 Å². The molecule has 0 unspecified atom stereocenters. The summed E-state index contributed by atoms with van der Waals surface area (Å²) in [7, 11) is 2.07. The highest BCUT2D eigenvalue weighted by Gasteiger charge is 2.21. The van der Waals surface area contributed by atoms with Crippen molar-refractivity contribution in [2.75, 3.05) is 31.1 Å². The second-order valence-corrected chi connectivity index (χ2v) is 8.26. The molecular formula is C22H21ClN4S. The Labute approximate surface area is 173 Å². The van der Waals surface area contributed by atoms with Gasteiger partial charge in [0, 0.05) is 56.1 Å². The normalized spacial score (nSPS) is 14.7. The molecule has 1 saturated heterocycles. The molecule has 0 aliphatic carbocycles. The van der Waals surface area contributed by atoms with E-state index in [-0.39, 0.29) is 0 Å². The van der Waals surface area contributed by atoms with Gasteiger partial charge in [-0.05, 0) is 46.2 Å². The van der Waals surface area contributed by atoms with E-state index < -0.39 is 0 Å². The van der Waals surface area contributed by atoms with Crippen LogP contribution in [0.1, 0.15) is 0 Å². The highest BCUT2D eigenvalue weighted by atomic mass is 35.5. The second-order valence-electron chi connectivity index (χ2n) is 7.07. The molecule has 1 aromatic carbocycles. The molecule has 4 aromatic rings. The Morgan fingerprint density at radius 1 is 1.04 bits per heavy atom. The minimum Gasteiger partial charge on any atom is -0.369 e. The summed E-state index contributed by atoms with van der Waals surface area (Å²) < 4.78 is 2.16. The summed E-state index contributed by atoms with van der Waals surface area (Å²) >= 11 is 8.31. The van der Waals surface area contributed by atoms with Crippen molar-refractivity contribution in [3.8, 4) is 22.4 Å². The molecule has 0 amide bonds. The lowest BCUT2D eigenvalue weighted by atomic mass is 10.0. The number of pyridine rings is 1. The molecule has 5 rings (SSSR count). The monoisotopic (exact) mass is 408 g/mol. The average Bonchev–Trinajstić information content (AvgIpc) is 3.36. The van der Waals surface area contributed by atoms with Gasteiger partial charge in [0.05, 0.1) is 10.7 Å². The summed E-state index contributed by atoms with van der Waals surface area (Å²) in [5, 5.41) is 9.45. The smallest absolute Gasteiger partial charge is 0.142 e. The zero-order valence-corrected chi connectivity index (χ0v) is 17.2. The van der Waals surface area contributed by atoms with E-state index in [1.165, 1.54) is 16.8 Å². The van der Waals surface area contributed by atoms with E-state index in [0.29, 0.717) is 0 Å². The maximum atomic E-state index is 6.62. The number of piperazine rings is 1. The number of aryl methyl sites for hydroxylation is 1. The van der Waals surface area contributed by atoms with E-state index in [2.05, 4.69) is 67.9 Å². The summed E-state index contributed by atoms with van der Waals surface area (Å²) in [5.74, 6) is 0. The van der Waals surface area contributed by atoms with Gasteiger partial charge in [0.25, 0.3) is 0 Å². The van der Waals surface area contributed by atoms with Gasteiger partial charge >= 0.3 is 0 Å². The first-order valence-electron chi connectivity index (χ1n) is 9.45. The third-order valence-corrected chi connectivity index (χ3v) is 6.45. The molecular weight excluding hydrogens is 388 g/mol. The third-order valence-electron chi connectivity index (χ3n) is 5.45. The number of nitrogens with one attached hydrogen (secondary N) is 1. The van der Waals surface area contributed by atoms with Gasteiger partial charge in [-0.3, -0.25) is 0 Å². The van der Waals surface area contributed by atoms with Crippen molar-refractivity contribution in [2.45, 2.75) is 0 Å². The Morgan fingerprint density at radius 2 is 1.82 bits per heavy atom. The number of anilines is 1. The lowest BCUT2D eigenvalue weighted by Crippen LogP contribution is -2.43. The van der Waals surface area contributed by atoms with Gasteiger partial charge < -0.3 is 14.8 Å². The molecule has 0 saturated carbocycles. The molecule has 4 heterocycles. The lowest BCUT2D eigenvalue weighted by molar-refractivity contribution is 0.589. The van der Waals surface area contributed by atoms with Crippen molar-refractivity contribution in [3.05, 3.63) is 58.4 Å². The minimum absolute atomic E-state index is 0.741. The number of fused-ring (bicyclic) bond motifs is 1.